The number of aliphatic hydroxyl groups is 1. The predicted molar refractivity (Wildman–Crippen MR) is 79.6 cm³/mol. The van der Waals surface area contributed by atoms with Crippen LogP contribution >= 0.6 is 0 Å². The highest BCUT2D eigenvalue weighted by Crippen LogP contribution is 2.29. The first-order valence-corrected chi connectivity index (χ1v) is 8.27. The first kappa shape index (κ1) is 15.9. The minimum atomic E-state index is -3.66. The number of nitrogens with one attached hydrogen (secondary N) is 1. The van der Waals surface area contributed by atoms with Crippen LogP contribution < -0.4 is 9.62 Å². The van der Waals surface area contributed by atoms with E-state index >= 15 is 0 Å². The number of fused-ring (bicyclic) bond motifs is 1. The maximum Gasteiger partial charge on any atom is 0.240 e. The highest BCUT2D eigenvalue weighted by molar-refractivity contribution is 7.89. The number of sulfonamides is 1. The van der Waals surface area contributed by atoms with Crippen molar-refractivity contribution in [1.82, 2.24) is 4.72 Å². The lowest BCUT2D eigenvalue weighted by atomic mass is 10.1. The van der Waals surface area contributed by atoms with Crippen LogP contribution in [-0.4, -0.2) is 39.1 Å². The maximum atomic E-state index is 12.3. The van der Waals surface area contributed by atoms with Crippen LogP contribution in [0.5, 0.6) is 0 Å². The topological polar surface area (TPSA) is 86.7 Å². The number of anilines is 1. The van der Waals surface area contributed by atoms with Gasteiger partial charge in [-0.25, -0.2) is 13.1 Å². The standard InChI is InChI=1S/C14H20N2O4S/c1-9(8-17)10(2)15-21(19,20)12-4-5-13-11(6-12)7-14(18)16(13)3/h4-6,9-10,15,17H,7-8H2,1-3H3. The number of likely N-dealkylation sites (N-methyl/N-ethyl adjacent to an activating group) is 1. The molecule has 116 valence electrons. The predicted octanol–water partition coefficient (Wildman–Crippen LogP) is 0.501. The van der Waals surface area contributed by atoms with Gasteiger partial charge in [0, 0.05) is 25.4 Å². The summed E-state index contributed by atoms with van der Waals surface area (Å²) < 4.78 is 27.2. The van der Waals surface area contributed by atoms with Crippen LogP contribution in [-0.2, 0) is 21.2 Å². The van der Waals surface area contributed by atoms with Gasteiger partial charge < -0.3 is 10.0 Å². The van der Waals surface area contributed by atoms with E-state index in [1.54, 1.807) is 27.0 Å². The highest BCUT2D eigenvalue weighted by Gasteiger charge is 2.27. The molecular formula is C14H20N2O4S. The lowest BCUT2D eigenvalue weighted by molar-refractivity contribution is -0.117. The molecule has 1 aromatic rings. The molecule has 2 rings (SSSR count). The Labute approximate surface area is 124 Å². The third-order valence-corrected chi connectivity index (χ3v) is 5.48. The molecule has 0 saturated carbocycles. The number of carbonyl (C=O) groups excluding carboxylic acids is 1. The van der Waals surface area contributed by atoms with E-state index in [0.29, 0.717) is 5.56 Å². The van der Waals surface area contributed by atoms with E-state index in [2.05, 4.69) is 4.72 Å². The molecule has 7 heteroatoms. The Morgan fingerprint density at radius 1 is 1.38 bits per heavy atom. The second-order valence-electron chi connectivity index (χ2n) is 5.49. The Hall–Kier alpha value is -1.44. The van der Waals surface area contributed by atoms with Crippen LogP contribution in [0.25, 0.3) is 0 Å². The van der Waals surface area contributed by atoms with Gasteiger partial charge in [-0.1, -0.05) is 6.92 Å². The number of rotatable bonds is 5. The number of hydrogen-bond acceptors (Lipinski definition) is 4. The molecule has 2 N–H and O–H groups in total. The summed E-state index contributed by atoms with van der Waals surface area (Å²) in [5, 5.41) is 9.08. The molecule has 0 fully saturated rings. The molecule has 0 spiro atoms. The zero-order valence-corrected chi connectivity index (χ0v) is 13.1. The van der Waals surface area contributed by atoms with Gasteiger partial charge in [0.15, 0.2) is 0 Å². The molecule has 2 unspecified atom stereocenters. The summed E-state index contributed by atoms with van der Waals surface area (Å²) in [6, 6.07) is 4.30. The Morgan fingerprint density at radius 3 is 2.67 bits per heavy atom. The lowest BCUT2D eigenvalue weighted by Gasteiger charge is -2.19. The van der Waals surface area contributed by atoms with Gasteiger partial charge in [0.25, 0.3) is 0 Å². The molecule has 1 aromatic carbocycles. The minimum absolute atomic E-state index is 0.0465. The average Bonchev–Trinajstić information content (AvgIpc) is 2.72. The van der Waals surface area contributed by atoms with Crippen molar-refractivity contribution in [3.8, 4) is 0 Å². The van der Waals surface area contributed by atoms with Crippen molar-refractivity contribution < 1.29 is 18.3 Å². The molecule has 21 heavy (non-hydrogen) atoms. The lowest BCUT2D eigenvalue weighted by Crippen LogP contribution is -2.38. The van der Waals surface area contributed by atoms with Crippen molar-refractivity contribution in [2.75, 3.05) is 18.6 Å². The molecule has 0 bridgehead atoms. The van der Waals surface area contributed by atoms with Crippen molar-refractivity contribution in [1.29, 1.82) is 0 Å². The Kier molecular flexibility index (Phi) is 4.36. The largest absolute Gasteiger partial charge is 0.396 e. The smallest absolute Gasteiger partial charge is 0.240 e. The number of benzene rings is 1. The van der Waals surface area contributed by atoms with E-state index in [4.69, 9.17) is 5.11 Å². The van der Waals surface area contributed by atoms with Gasteiger partial charge in [0.2, 0.25) is 15.9 Å². The minimum Gasteiger partial charge on any atom is -0.396 e. The van der Waals surface area contributed by atoms with Crippen LogP contribution in [0.3, 0.4) is 0 Å². The molecule has 1 heterocycles. The normalized spacial score (nSPS) is 17.7. The van der Waals surface area contributed by atoms with E-state index in [0.717, 1.165) is 5.69 Å². The van der Waals surface area contributed by atoms with Crippen LogP contribution in [0.15, 0.2) is 23.1 Å². The van der Waals surface area contributed by atoms with Gasteiger partial charge in [-0.3, -0.25) is 4.79 Å². The van der Waals surface area contributed by atoms with Crippen molar-refractivity contribution in [3.05, 3.63) is 23.8 Å². The summed E-state index contributed by atoms with van der Waals surface area (Å²) in [5.41, 5.74) is 1.46. The zero-order valence-electron chi connectivity index (χ0n) is 12.3. The maximum absolute atomic E-state index is 12.3. The fourth-order valence-electron chi connectivity index (χ4n) is 2.20. The fourth-order valence-corrected chi connectivity index (χ4v) is 3.60. The van der Waals surface area contributed by atoms with E-state index < -0.39 is 10.0 Å². The van der Waals surface area contributed by atoms with Gasteiger partial charge in [-0.15, -0.1) is 0 Å². The molecule has 0 aliphatic carbocycles. The second kappa shape index (κ2) is 5.75. The number of carbonyl (C=O) groups is 1. The van der Waals surface area contributed by atoms with Gasteiger partial charge in [-0.05, 0) is 36.6 Å². The number of amides is 1. The van der Waals surface area contributed by atoms with Crippen molar-refractivity contribution in [3.63, 3.8) is 0 Å². The van der Waals surface area contributed by atoms with Crippen molar-refractivity contribution >= 4 is 21.6 Å². The van der Waals surface area contributed by atoms with Gasteiger partial charge >= 0.3 is 0 Å². The molecule has 1 amide bonds. The third-order valence-electron chi connectivity index (χ3n) is 3.92. The molecule has 2 atom stereocenters. The molecule has 0 saturated heterocycles. The molecule has 0 aromatic heterocycles. The van der Waals surface area contributed by atoms with Gasteiger partial charge in [0.1, 0.15) is 0 Å². The Balaban J connectivity index is 2.27. The molecule has 0 radical (unpaired) electrons. The first-order chi connectivity index (χ1) is 9.76. The molecule has 1 aliphatic rings. The second-order valence-corrected chi connectivity index (χ2v) is 7.20. The highest BCUT2D eigenvalue weighted by atomic mass is 32.2. The summed E-state index contributed by atoms with van der Waals surface area (Å²) >= 11 is 0. The molecule has 1 aliphatic heterocycles. The Bertz CT molecular complexity index is 657. The summed E-state index contributed by atoms with van der Waals surface area (Å²) in [6.07, 6.45) is 0.220. The average molecular weight is 312 g/mol. The summed E-state index contributed by atoms with van der Waals surface area (Å²) in [5.74, 6) is -0.225. The van der Waals surface area contributed by atoms with E-state index in [1.807, 2.05) is 0 Å². The molecule has 6 nitrogen and oxygen atoms in total. The third kappa shape index (κ3) is 3.09. The number of nitrogens with zero attached hydrogens (tertiary/aromatic N) is 1. The Morgan fingerprint density at radius 2 is 2.05 bits per heavy atom. The fraction of sp³-hybridized carbons (Fsp3) is 0.500. The van der Waals surface area contributed by atoms with Crippen molar-refractivity contribution in [2.24, 2.45) is 5.92 Å². The van der Waals surface area contributed by atoms with Crippen LogP contribution in [0, 0.1) is 5.92 Å². The van der Waals surface area contributed by atoms with Crippen LogP contribution in [0.1, 0.15) is 19.4 Å². The monoisotopic (exact) mass is 312 g/mol. The van der Waals surface area contributed by atoms with Crippen molar-refractivity contribution in [2.45, 2.75) is 31.2 Å². The number of hydrogen-bond donors (Lipinski definition) is 2. The number of aliphatic hydroxyl groups excluding tert-OH is 1. The van der Waals surface area contributed by atoms with Crippen LogP contribution in [0.4, 0.5) is 5.69 Å². The van der Waals surface area contributed by atoms with E-state index in [-0.39, 0.29) is 35.8 Å². The summed E-state index contributed by atoms with van der Waals surface area (Å²) in [4.78, 5) is 13.3. The zero-order chi connectivity index (χ0) is 15.8. The first-order valence-electron chi connectivity index (χ1n) is 6.79. The summed E-state index contributed by atoms with van der Waals surface area (Å²) in [7, 11) is -1.99. The van der Waals surface area contributed by atoms with E-state index in [9.17, 15) is 13.2 Å². The van der Waals surface area contributed by atoms with Gasteiger partial charge in [-0.2, -0.15) is 0 Å². The van der Waals surface area contributed by atoms with Crippen LogP contribution in [0.2, 0.25) is 0 Å². The SMILES string of the molecule is CC(CO)C(C)NS(=O)(=O)c1ccc2c(c1)CC(=O)N2C. The quantitative estimate of drug-likeness (QED) is 0.829. The summed E-state index contributed by atoms with van der Waals surface area (Å²) in [6.45, 7) is 3.39. The van der Waals surface area contributed by atoms with E-state index in [1.165, 1.54) is 17.0 Å². The van der Waals surface area contributed by atoms with Gasteiger partial charge in [0.05, 0.1) is 11.3 Å². The molecular weight excluding hydrogens is 292 g/mol.